The molecule has 1 heterocycles. The number of barbiturate groups is 1. The number of ether oxygens (including phenoxy) is 1. The quantitative estimate of drug-likeness (QED) is 0.324. The molecule has 9 nitrogen and oxygen atoms in total. The molecule has 1 saturated heterocycles. The van der Waals surface area contributed by atoms with Crippen molar-refractivity contribution < 1.29 is 29.0 Å². The third-order valence-electron chi connectivity index (χ3n) is 4.99. The third kappa shape index (κ3) is 5.48. The van der Waals surface area contributed by atoms with Gasteiger partial charge in [0.15, 0.2) is 6.61 Å². The molecule has 3 aromatic carbocycles. The molecule has 36 heavy (non-hydrogen) atoms. The van der Waals surface area contributed by atoms with Gasteiger partial charge >= 0.3 is 6.03 Å². The lowest BCUT2D eigenvalue weighted by molar-refractivity contribution is -0.122. The number of nitrogens with zero attached hydrogens (tertiary/aromatic N) is 1. The first-order valence-electron chi connectivity index (χ1n) is 10.4. The molecule has 0 unspecified atom stereocenters. The fraction of sp³-hybridized carbons (Fsp3) is 0.0400. The van der Waals surface area contributed by atoms with Gasteiger partial charge in [0.1, 0.15) is 17.1 Å². The highest BCUT2D eigenvalue weighted by atomic mass is 35.5. The van der Waals surface area contributed by atoms with Gasteiger partial charge in [-0.2, -0.15) is 0 Å². The van der Waals surface area contributed by atoms with Gasteiger partial charge in [-0.1, -0.05) is 35.3 Å². The number of hydrogen-bond donors (Lipinski definition) is 3. The standard InChI is InChI=1S/C25H17Cl2N3O6/c26-15-5-10-21(36-13-22(32)28-20-4-2-1-3-19(20)27)14(11-15)12-18-23(33)29-25(35)30(24(18)34)16-6-8-17(31)9-7-16/h1-12,31H,13H2,(H,28,32)(H,29,33,35)/b18-12-. The molecule has 0 aromatic heterocycles. The van der Waals surface area contributed by atoms with Crippen LogP contribution in [0.3, 0.4) is 0 Å². The summed E-state index contributed by atoms with van der Waals surface area (Å²) in [6.07, 6.45) is 1.21. The number of phenols is 1. The zero-order valence-corrected chi connectivity index (χ0v) is 19.8. The molecule has 1 aliphatic rings. The van der Waals surface area contributed by atoms with E-state index in [0.717, 1.165) is 4.90 Å². The zero-order valence-electron chi connectivity index (χ0n) is 18.3. The molecule has 0 radical (unpaired) electrons. The highest BCUT2D eigenvalue weighted by molar-refractivity contribution is 6.39. The van der Waals surface area contributed by atoms with Gasteiger partial charge in [-0.3, -0.25) is 19.7 Å². The lowest BCUT2D eigenvalue weighted by Crippen LogP contribution is -2.54. The Balaban J connectivity index is 1.58. The summed E-state index contributed by atoms with van der Waals surface area (Å²) < 4.78 is 5.61. The predicted molar refractivity (Wildman–Crippen MR) is 134 cm³/mol. The topological polar surface area (TPSA) is 125 Å². The number of hydrogen-bond acceptors (Lipinski definition) is 6. The van der Waals surface area contributed by atoms with Crippen molar-refractivity contribution >= 4 is 64.4 Å². The SMILES string of the molecule is O=C(COc1ccc(Cl)cc1/C=C1/C(=O)NC(=O)N(c2ccc(O)cc2)C1=O)Nc1ccccc1Cl. The van der Waals surface area contributed by atoms with Crippen LogP contribution >= 0.6 is 23.2 Å². The number of benzene rings is 3. The van der Waals surface area contributed by atoms with Gasteiger partial charge in [-0.05, 0) is 60.7 Å². The van der Waals surface area contributed by atoms with Crippen molar-refractivity contribution in [3.63, 3.8) is 0 Å². The number of carbonyl (C=O) groups excluding carboxylic acids is 4. The van der Waals surface area contributed by atoms with Crippen LogP contribution < -0.4 is 20.3 Å². The van der Waals surface area contributed by atoms with Gasteiger partial charge in [0.05, 0.1) is 16.4 Å². The predicted octanol–water partition coefficient (Wildman–Crippen LogP) is 4.38. The molecule has 3 N–H and O–H groups in total. The van der Waals surface area contributed by atoms with Gasteiger partial charge in [-0.25, -0.2) is 9.69 Å². The molecule has 1 aliphatic heterocycles. The Labute approximate surface area is 214 Å². The Bertz CT molecular complexity index is 1410. The molecule has 182 valence electrons. The first kappa shape index (κ1) is 24.8. The Morgan fingerprint density at radius 1 is 1.03 bits per heavy atom. The number of imide groups is 2. The Morgan fingerprint density at radius 2 is 1.75 bits per heavy atom. The summed E-state index contributed by atoms with van der Waals surface area (Å²) >= 11 is 12.2. The molecule has 3 aromatic rings. The summed E-state index contributed by atoms with van der Waals surface area (Å²) in [6, 6.07) is 15.5. The average Bonchev–Trinajstić information content (AvgIpc) is 2.84. The van der Waals surface area contributed by atoms with E-state index in [1.54, 1.807) is 24.3 Å². The number of halogens is 2. The van der Waals surface area contributed by atoms with Crippen LogP contribution in [-0.4, -0.2) is 35.5 Å². The molecule has 4 rings (SSSR count). The van der Waals surface area contributed by atoms with Gasteiger partial charge in [0, 0.05) is 10.6 Å². The molecule has 0 spiro atoms. The Kier molecular flexibility index (Phi) is 7.23. The van der Waals surface area contributed by atoms with E-state index in [0.29, 0.717) is 10.7 Å². The van der Waals surface area contributed by atoms with Gasteiger partial charge in [0.25, 0.3) is 17.7 Å². The maximum Gasteiger partial charge on any atom is 0.335 e. The molecular weight excluding hydrogens is 509 g/mol. The fourth-order valence-electron chi connectivity index (χ4n) is 3.30. The van der Waals surface area contributed by atoms with Crippen LogP contribution in [0.5, 0.6) is 11.5 Å². The second-order valence-corrected chi connectivity index (χ2v) is 8.32. The van der Waals surface area contributed by atoms with E-state index >= 15 is 0 Å². The molecule has 1 fully saturated rings. The minimum absolute atomic E-state index is 0.0604. The van der Waals surface area contributed by atoms with Crippen molar-refractivity contribution in [1.82, 2.24) is 5.32 Å². The van der Waals surface area contributed by atoms with Crippen molar-refractivity contribution in [2.75, 3.05) is 16.8 Å². The van der Waals surface area contributed by atoms with Crippen LogP contribution in [0.15, 0.2) is 72.3 Å². The third-order valence-corrected chi connectivity index (χ3v) is 5.55. The molecule has 11 heteroatoms. The summed E-state index contributed by atoms with van der Waals surface area (Å²) in [6.45, 7) is -0.401. The number of para-hydroxylation sites is 1. The molecule has 0 bridgehead atoms. The van der Waals surface area contributed by atoms with E-state index in [1.165, 1.54) is 48.5 Å². The summed E-state index contributed by atoms with van der Waals surface area (Å²) in [4.78, 5) is 51.1. The van der Waals surface area contributed by atoms with Gasteiger partial charge < -0.3 is 15.2 Å². The lowest BCUT2D eigenvalue weighted by Gasteiger charge is -2.26. The van der Waals surface area contributed by atoms with Crippen LogP contribution in [0.1, 0.15) is 5.56 Å². The van der Waals surface area contributed by atoms with Crippen LogP contribution in [0.25, 0.3) is 6.08 Å². The highest BCUT2D eigenvalue weighted by Crippen LogP contribution is 2.29. The smallest absolute Gasteiger partial charge is 0.335 e. The summed E-state index contributed by atoms with van der Waals surface area (Å²) in [5, 5.41) is 14.9. The molecule has 0 saturated carbocycles. The van der Waals surface area contributed by atoms with E-state index in [1.807, 2.05) is 0 Å². The second-order valence-electron chi connectivity index (χ2n) is 7.47. The second kappa shape index (κ2) is 10.5. The van der Waals surface area contributed by atoms with Crippen molar-refractivity contribution in [3.05, 3.63) is 87.9 Å². The van der Waals surface area contributed by atoms with E-state index in [4.69, 9.17) is 27.9 Å². The summed E-state index contributed by atoms with van der Waals surface area (Å²) in [7, 11) is 0. The number of aromatic hydroxyl groups is 1. The maximum atomic E-state index is 13.1. The number of amides is 5. The number of anilines is 2. The van der Waals surface area contributed by atoms with E-state index in [-0.39, 0.29) is 33.3 Å². The fourth-order valence-corrected chi connectivity index (χ4v) is 3.67. The minimum atomic E-state index is -0.938. The van der Waals surface area contributed by atoms with Crippen LogP contribution in [0.2, 0.25) is 10.0 Å². The van der Waals surface area contributed by atoms with Crippen LogP contribution in [-0.2, 0) is 14.4 Å². The number of nitrogens with one attached hydrogen (secondary N) is 2. The minimum Gasteiger partial charge on any atom is -0.508 e. The number of carbonyl (C=O) groups is 4. The van der Waals surface area contributed by atoms with Crippen molar-refractivity contribution in [2.24, 2.45) is 0 Å². The normalized spacial score (nSPS) is 14.6. The first-order valence-corrected chi connectivity index (χ1v) is 11.2. The van der Waals surface area contributed by atoms with Crippen LogP contribution in [0, 0.1) is 0 Å². The first-order chi connectivity index (χ1) is 17.2. The average molecular weight is 526 g/mol. The zero-order chi connectivity index (χ0) is 25.8. The number of phenolic OH excluding ortho intramolecular Hbond substituents is 1. The van der Waals surface area contributed by atoms with Crippen LogP contribution in [0.4, 0.5) is 16.2 Å². The molecule has 0 atom stereocenters. The molecule has 5 amide bonds. The molecular formula is C25H17Cl2N3O6. The van der Waals surface area contributed by atoms with Crippen molar-refractivity contribution in [2.45, 2.75) is 0 Å². The van der Waals surface area contributed by atoms with Gasteiger partial charge in [0.2, 0.25) is 0 Å². The van der Waals surface area contributed by atoms with E-state index in [2.05, 4.69) is 10.6 Å². The monoisotopic (exact) mass is 525 g/mol. The number of rotatable bonds is 6. The van der Waals surface area contributed by atoms with E-state index < -0.39 is 30.4 Å². The largest absolute Gasteiger partial charge is 0.508 e. The maximum absolute atomic E-state index is 13.1. The Hall–Kier alpha value is -4.34. The van der Waals surface area contributed by atoms with Crippen molar-refractivity contribution in [1.29, 1.82) is 0 Å². The highest BCUT2D eigenvalue weighted by Gasteiger charge is 2.37. The lowest BCUT2D eigenvalue weighted by atomic mass is 10.1. The number of urea groups is 1. The molecule has 0 aliphatic carbocycles. The Morgan fingerprint density at radius 3 is 2.47 bits per heavy atom. The van der Waals surface area contributed by atoms with Gasteiger partial charge in [-0.15, -0.1) is 0 Å². The summed E-state index contributed by atoms with van der Waals surface area (Å²) in [5.74, 6) is -2.20. The van der Waals surface area contributed by atoms with E-state index in [9.17, 15) is 24.3 Å². The summed E-state index contributed by atoms with van der Waals surface area (Å²) in [5.41, 5.74) is 0.420. The van der Waals surface area contributed by atoms with Crippen molar-refractivity contribution in [3.8, 4) is 11.5 Å².